The summed E-state index contributed by atoms with van der Waals surface area (Å²) in [6, 6.07) is 10.1. The Labute approximate surface area is 167 Å². The summed E-state index contributed by atoms with van der Waals surface area (Å²) in [4.78, 5) is 10.5. The molecular weight excluding hydrogens is 356 g/mol. The van der Waals surface area contributed by atoms with Gasteiger partial charge in [0.25, 0.3) is 0 Å². The Morgan fingerprint density at radius 2 is 1.79 bits per heavy atom. The van der Waals surface area contributed by atoms with E-state index < -0.39 is 24.3 Å². The summed E-state index contributed by atoms with van der Waals surface area (Å²) >= 11 is 0. The number of aliphatic carboxylic acids is 1. The second-order valence-electron chi connectivity index (χ2n) is 7.95. The summed E-state index contributed by atoms with van der Waals surface area (Å²) in [5.41, 5.74) is 1.21. The molecule has 5 nitrogen and oxygen atoms in total. The number of benzene rings is 1. The van der Waals surface area contributed by atoms with Crippen molar-refractivity contribution in [3.8, 4) is 0 Å². The second kappa shape index (κ2) is 12.0. The van der Waals surface area contributed by atoms with Crippen molar-refractivity contribution in [3.05, 3.63) is 48.0 Å². The molecule has 4 N–H and O–H groups in total. The van der Waals surface area contributed by atoms with E-state index in [9.17, 15) is 20.1 Å². The fourth-order valence-electron chi connectivity index (χ4n) is 4.16. The van der Waals surface area contributed by atoms with Crippen molar-refractivity contribution in [1.29, 1.82) is 0 Å². The third kappa shape index (κ3) is 7.74. The Kier molecular flexibility index (Phi) is 9.68. The highest BCUT2D eigenvalue weighted by Gasteiger charge is 2.40. The summed E-state index contributed by atoms with van der Waals surface area (Å²) in [6.07, 6.45) is 7.91. The predicted molar refractivity (Wildman–Crippen MR) is 109 cm³/mol. The van der Waals surface area contributed by atoms with Gasteiger partial charge in [-0.05, 0) is 68.8 Å². The molecule has 0 spiro atoms. The maximum Gasteiger partial charge on any atom is 0.303 e. The molecule has 0 heterocycles. The van der Waals surface area contributed by atoms with E-state index in [1.807, 2.05) is 30.4 Å². The lowest BCUT2D eigenvalue weighted by Gasteiger charge is -2.23. The Hall–Kier alpha value is -1.69. The van der Waals surface area contributed by atoms with Crippen LogP contribution in [0, 0.1) is 11.8 Å². The molecule has 0 aliphatic heterocycles. The van der Waals surface area contributed by atoms with Crippen molar-refractivity contribution in [2.75, 3.05) is 0 Å². The van der Waals surface area contributed by atoms with Crippen molar-refractivity contribution in [2.24, 2.45) is 11.8 Å². The van der Waals surface area contributed by atoms with Crippen LogP contribution in [-0.4, -0.2) is 44.7 Å². The normalized spacial score (nSPS) is 26.0. The lowest BCUT2D eigenvalue weighted by atomic mass is 9.85. The fraction of sp³-hybridized carbons (Fsp3) is 0.609. The molecule has 2 rings (SSSR count). The number of allylic oxidation sites excluding steroid dienone is 2. The van der Waals surface area contributed by atoms with Crippen molar-refractivity contribution in [2.45, 2.75) is 76.1 Å². The Balaban J connectivity index is 1.74. The molecule has 5 atom stereocenters. The zero-order chi connectivity index (χ0) is 20.4. The lowest BCUT2D eigenvalue weighted by molar-refractivity contribution is -0.137. The molecule has 1 aliphatic carbocycles. The van der Waals surface area contributed by atoms with Crippen LogP contribution in [0.25, 0.3) is 0 Å². The van der Waals surface area contributed by atoms with Gasteiger partial charge < -0.3 is 20.4 Å². The molecule has 1 aromatic carbocycles. The van der Waals surface area contributed by atoms with E-state index in [4.69, 9.17) is 5.11 Å². The molecule has 4 unspecified atom stereocenters. The first-order chi connectivity index (χ1) is 13.5. The van der Waals surface area contributed by atoms with Gasteiger partial charge in [0.05, 0.1) is 18.3 Å². The van der Waals surface area contributed by atoms with Gasteiger partial charge in [-0.2, -0.15) is 0 Å². The van der Waals surface area contributed by atoms with E-state index in [0.29, 0.717) is 44.9 Å². The summed E-state index contributed by atoms with van der Waals surface area (Å²) in [6.45, 7) is 0. The second-order valence-corrected chi connectivity index (χ2v) is 7.95. The van der Waals surface area contributed by atoms with Gasteiger partial charge in [0.2, 0.25) is 0 Å². The van der Waals surface area contributed by atoms with E-state index in [-0.39, 0.29) is 18.3 Å². The molecule has 0 bridgehead atoms. The number of aryl methyl sites for hydroxylation is 1. The molecule has 1 fully saturated rings. The topological polar surface area (TPSA) is 98.0 Å². The van der Waals surface area contributed by atoms with E-state index in [2.05, 4.69) is 12.1 Å². The molecule has 0 amide bonds. The number of unbranched alkanes of at least 4 members (excludes halogenated alkanes) is 1. The van der Waals surface area contributed by atoms with E-state index >= 15 is 0 Å². The minimum atomic E-state index is -0.784. The maximum atomic E-state index is 10.5. The molecule has 0 saturated heterocycles. The number of carbonyl (C=O) groups is 1. The number of aliphatic hydroxyl groups excluding tert-OH is 3. The number of hydrogen-bond acceptors (Lipinski definition) is 4. The molecule has 0 aromatic heterocycles. The van der Waals surface area contributed by atoms with Gasteiger partial charge in [0.1, 0.15) is 0 Å². The average Bonchev–Trinajstić information content (AvgIpc) is 2.94. The summed E-state index contributed by atoms with van der Waals surface area (Å²) in [5.74, 6) is -0.800. The molecule has 0 radical (unpaired) electrons. The smallest absolute Gasteiger partial charge is 0.303 e. The zero-order valence-corrected chi connectivity index (χ0v) is 16.5. The Bertz CT molecular complexity index is 600. The Morgan fingerprint density at radius 3 is 2.50 bits per heavy atom. The quantitative estimate of drug-likeness (QED) is 0.324. The van der Waals surface area contributed by atoms with Gasteiger partial charge >= 0.3 is 5.97 Å². The first-order valence-electron chi connectivity index (χ1n) is 10.4. The number of aliphatic hydroxyl groups is 3. The van der Waals surface area contributed by atoms with Crippen LogP contribution in [0.15, 0.2) is 42.5 Å². The molecule has 28 heavy (non-hydrogen) atoms. The van der Waals surface area contributed by atoms with Crippen molar-refractivity contribution >= 4 is 5.97 Å². The van der Waals surface area contributed by atoms with Crippen molar-refractivity contribution < 1.29 is 25.2 Å². The summed E-state index contributed by atoms with van der Waals surface area (Å²) in [5, 5.41) is 39.6. The van der Waals surface area contributed by atoms with E-state index in [1.165, 1.54) is 5.56 Å². The average molecular weight is 391 g/mol. The molecule has 156 valence electrons. The number of carboxylic acid groups (broad SMARTS) is 1. The largest absolute Gasteiger partial charge is 0.481 e. The van der Waals surface area contributed by atoms with Gasteiger partial charge in [-0.3, -0.25) is 4.79 Å². The van der Waals surface area contributed by atoms with Crippen LogP contribution in [0.5, 0.6) is 0 Å². The summed E-state index contributed by atoms with van der Waals surface area (Å²) in [7, 11) is 0. The van der Waals surface area contributed by atoms with Gasteiger partial charge in [0, 0.05) is 6.42 Å². The molecule has 1 aromatic rings. The monoisotopic (exact) mass is 390 g/mol. The van der Waals surface area contributed by atoms with Crippen molar-refractivity contribution in [3.63, 3.8) is 0 Å². The van der Waals surface area contributed by atoms with Gasteiger partial charge in [-0.15, -0.1) is 0 Å². The number of rotatable bonds is 12. The van der Waals surface area contributed by atoms with Crippen LogP contribution in [0.4, 0.5) is 0 Å². The van der Waals surface area contributed by atoms with E-state index in [0.717, 1.165) is 6.42 Å². The van der Waals surface area contributed by atoms with Crippen LogP contribution < -0.4 is 0 Å². The minimum Gasteiger partial charge on any atom is -0.481 e. The fourth-order valence-corrected chi connectivity index (χ4v) is 4.16. The summed E-state index contributed by atoms with van der Waals surface area (Å²) < 4.78 is 0. The highest BCUT2D eigenvalue weighted by Crippen LogP contribution is 2.38. The number of carboxylic acids is 1. The van der Waals surface area contributed by atoms with Gasteiger partial charge in [0.15, 0.2) is 0 Å². The molecule has 1 aliphatic rings. The lowest BCUT2D eigenvalue weighted by Crippen LogP contribution is -2.23. The maximum absolute atomic E-state index is 10.5. The van der Waals surface area contributed by atoms with E-state index in [1.54, 1.807) is 0 Å². The molecule has 1 saturated carbocycles. The minimum absolute atomic E-state index is 0.00736. The molecular formula is C23H34O5. The van der Waals surface area contributed by atoms with Gasteiger partial charge in [-0.25, -0.2) is 0 Å². The predicted octanol–water partition coefficient (Wildman–Crippen LogP) is 3.32. The highest BCUT2D eigenvalue weighted by atomic mass is 16.4. The van der Waals surface area contributed by atoms with Gasteiger partial charge in [-0.1, -0.05) is 42.5 Å². The van der Waals surface area contributed by atoms with Crippen LogP contribution in [0.2, 0.25) is 0 Å². The van der Waals surface area contributed by atoms with Crippen LogP contribution in [-0.2, 0) is 11.2 Å². The Morgan fingerprint density at radius 1 is 1.07 bits per heavy atom. The van der Waals surface area contributed by atoms with Crippen LogP contribution in [0.1, 0.15) is 56.9 Å². The SMILES string of the molecule is O=C(O)CCC/C=C/CC1C(O)CC(O)[C@@H]1CCC(O)CCc1ccccc1. The van der Waals surface area contributed by atoms with Crippen LogP contribution in [0.3, 0.4) is 0 Å². The zero-order valence-electron chi connectivity index (χ0n) is 16.5. The molecule has 5 heteroatoms. The third-order valence-corrected chi connectivity index (χ3v) is 5.80. The van der Waals surface area contributed by atoms with Crippen molar-refractivity contribution in [1.82, 2.24) is 0 Å². The van der Waals surface area contributed by atoms with Crippen LogP contribution >= 0.6 is 0 Å². The number of hydrogen-bond donors (Lipinski definition) is 4. The first-order valence-corrected chi connectivity index (χ1v) is 10.4. The standard InChI is InChI=1S/C23H34O5/c24-18(13-12-17-8-4-3-5-9-17)14-15-20-19(21(25)16-22(20)26)10-6-1-2-7-11-23(27)28/h1,3-6,8-9,18-22,24-26H,2,7,10-16H2,(H,27,28)/b6-1+/t18?,19?,20-,21?,22?/m1/s1. The third-order valence-electron chi connectivity index (χ3n) is 5.80. The highest BCUT2D eigenvalue weighted by molar-refractivity contribution is 5.66. The first kappa shape index (κ1) is 22.6.